The molecule has 0 fully saturated rings. The Morgan fingerprint density at radius 2 is 2.00 bits per heavy atom. The van der Waals surface area contributed by atoms with E-state index in [1.807, 2.05) is 18.5 Å². The van der Waals surface area contributed by atoms with E-state index in [-0.39, 0.29) is 0 Å². The maximum Gasteiger partial charge on any atom is 0.191 e. The second-order valence-corrected chi connectivity index (χ2v) is 6.95. The molecule has 27 heavy (non-hydrogen) atoms. The third kappa shape index (κ3) is 5.81. The van der Waals surface area contributed by atoms with Gasteiger partial charge in [-0.1, -0.05) is 38.9 Å². The van der Waals surface area contributed by atoms with Crippen LogP contribution in [-0.2, 0) is 19.4 Å². The molecule has 6 nitrogen and oxygen atoms in total. The van der Waals surface area contributed by atoms with Crippen LogP contribution in [0.15, 0.2) is 34.0 Å². The summed E-state index contributed by atoms with van der Waals surface area (Å²) in [5.74, 6) is 2.62. The minimum Gasteiger partial charge on any atom is -0.361 e. The van der Waals surface area contributed by atoms with E-state index >= 15 is 0 Å². The van der Waals surface area contributed by atoms with Gasteiger partial charge >= 0.3 is 0 Å². The first kappa shape index (κ1) is 20.9. The zero-order valence-corrected chi connectivity index (χ0v) is 17.2. The molecular formula is C21H33N5O. The lowest BCUT2D eigenvalue weighted by molar-refractivity contribution is 0.380. The predicted molar refractivity (Wildman–Crippen MR) is 110 cm³/mol. The summed E-state index contributed by atoms with van der Waals surface area (Å²) in [7, 11) is 0. The van der Waals surface area contributed by atoms with Crippen LogP contribution < -0.4 is 10.6 Å². The van der Waals surface area contributed by atoms with Gasteiger partial charge in [0.25, 0.3) is 0 Å². The Hall–Kier alpha value is -2.37. The first-order valence-corrected chi connectivity index (χ1v) is 9.98. The van der Waals surface area contributed by atoms with Crippen LogP contribution in [-0.4, -0.2) is 29.2 Å². The molecule has 2 aromatic heterocycles. The van der Waals surface area contributed by atoms with Gasteiger partial charge in [0, 0.05) is 43.4 Å². The standard InChI is InChI=1S/C21H33N5O/c1-6-19-18(20(7-2)27-26-19)14-25-21(23-8-3)24-13-17(15(4)5)16-10-9-11-22-12-16/h9-12,15,17H,6-8,13-14H2,1-5H3,(H2,23,24,25). The molecule has 0 amide bonds. The summed E-state index contributed by atoms with van der Waals surface area (Å²) in [6, 6.07) is 4.13. The number of hydrogen-bond donors (Lipinski definition) is 2. The highest BCUT2D eigenvalue weighted by atomic mass is 16.5. The van der Waals surface area contributed by atoms with Gasteiger partial charge < -0.3 is 15.2 Å². The zero-order chi connectivity index (χ0) is 19.6. The number of nitrogens with one attached hydrogen (secondary N) is 2. The van der Waals surface area contributed by atoms with Gasteiger partial charge in [0.1, 0.15) is 5.76 Å². The number of aryl methyl sites for hydroxylation is 2. The molecule has 148 valence electrons. The number of nitrogens with zero attached hydrogens (tertiary/aromatic N) is 3. The van der Waals surface area contributed by atoms with Crippen molar-refractivity contribution in [2.45, 2.75) is 59.9 Å². The quantitative estimate of drug-likeness (QED) is 0.519. The molecule has 2 N–H and O–H groups in total. The summed E-state index contributed by atoms with van der Waals surface area (Å²) >= 11 is 0. The molecular weight excluding hydrogens is 338 g/mol. The summed E-state index contributed by atoms with van der Waals surface area (Å²) in [6.07, 6.45) is 5.46. The molecule has 0 aliphatic carbocycles. The highest BCUT2D eigenvalue weighted by Gasteiger charge is 2.17. The van der Waals surface area contributed by atoms with Crippen molar-refractivity contribution in [3.05, 3.63) is 47.1 Å². The Morgan fingerprint density at radius 1 is 1.19 bits per heavy atom. The molecule has 0 radical (unpaired) electrons. The van der Waals surface area contributed by atoms with Crippen molar-refractivity contribution in [2.75, 3.05) is 13.1 Å². The Balaban J connectivity index is 2.10. The van der Waals surface area contributed by atoms with Gasteiger partial charge in [-0.2, -0.15) is 0 Å². The molecule has 2 rings (SSSR count). The second kappa shape index (κ2) is 10.7. The van der Waals surface area contributed by atoms with Gasteiger partial charge in [-0.05, 0) is 30.9 Å². The molecule has 6 heteroatoms. The summed E-state index contributed by atoms with van der Waals surface area (Å²) in [4.78, 5) is 9.05. The van der Waals surface area contributed by atoms with E-state index in [1.165, 1.54) is 5.56 Å². The van der Waals surface area contributed by atoms with E-state index in [1.54, 1.807) is 0 Å². The smallest absolute Gasteiger partial charge is 0.191 e. The minimum atomic E-state index is 0.371. The van der Waals surface area contributed by atoms with Gasteiger partial charge in [-0.15, -0.1) is 0 Å². The number of pyridine rings is 1. The van der Waals surface area contributed by atoms with Crippen molar-refractivity contribution in [3.63, 3.8) is 0 Å². The van der Waals surface area contributed by atoms with Gasteiger partial charge in [-0.25, -0.2) is 4.99 Å². The Bertz CT molecular complexity index is 687. The summed E-state index contributed by atoms with van der Waals surface area (Å²) in [5.41, 5.74) is 3.36. The molecule has 2 aromatic rings. The number of aliphatic imine (C=N–C) groups is 1. The molecule has 2 heterocycles. The Labute approximate surface area is 162 Å². The Morgan fingerprint density at radius 3 is 2.59 bits per heavy atom. The fourth-order valence-electron chi connectivity index (χ4n) is 3.16. The summed E-state index contributed by atoms with van der Waals surface area (Å²) in [5, 5.41) is 11.0. The molecule has 0 aromatic carbocycles. The predicted octanol–water partition coefficient (Wildman–Crippen LogP) is 3.69. The fraction of sp³-hybridized carbons (Fsp3) is 0.571. The van der Waals surface area contributed by atoms with Crippen molar-refractivity contribution < 1.29 is 4.52 Å². The van der Waals surface area contributed by atoms with Crippen LogP contribution in [0.5, 0.6) is 0 Å². The third-order valence-electron chi connectivity index (χ3n) is 4.75. The second-order valence-electron chi connectivity index (χ2n) is 6.95. The molecule has 1 unspecified atom stereocenters. The minimum absolute atomic E-state index is 0.371. The number of guanidine groups is 1. The van der Waals surface area contributed by atoms with Crippen LogP contribution in [0.4, 0.5) is 0 Å². The van der Waals surface area contributed by atoms with E-state index in [9.17, 15) is 0 Å². The third-order valence-corrected chi connectivity index (χ3v) is 4.75. The maximum absolute atomic E-state index is 5.45. The monoisotopic (exact) mass is 371 g/mol. The summed E-state index contributed by atoms with van der Waals surface area (Å²) in [6.45, 7) is 12.9. The normalized spacial score (nSPS) is 13.0. The van der Waals surface area contributed by atoms with Crippen molar-refractivity contribution in [2.24, 2.45) is 10.9 Å². The van der Waals surface area contributed by atoms with Crippen molar-refractivity contribution in [1.29, 1.82) is 0 Å². The molecule has 1 atom stereocenters. The lowest BCUT2D eigenvalue weighted by Crippen LogP contribution is -2.40. The molecule has 0 spiro atoms. The molecule has 0 saturated heterocycles. The highest BCUT2D eigenvalue weighted by Crippen LogP contribution is 2.22. The first-order chi connectivity index (χ1) is 13.1. The van der Waals surface area contributed by atoms with Crippen molar-refractivity contribution in [3.8, 4) is 0 Å². The first-order valence-electron chi connectivity index (χ1n) is 9.98. The van der Waals surface area contributed by atoms with E-state index in [2.05, 4.69) is 61.5 Å². The zero-order valence-electron chi connectivity index (χ0n) is 17.2. The van der Waals surface area contributed by atoms with Crippen LogP contribution in [0, 0.1) is 5.92 Å². The molecule has 0 aliphatic rings. The average Bonchev–Trinajstić information content (AvgIpc) is 3.08. The van der Waals surface area contributed by atoms with Crippen LogP contribution in [0.25, 0.3) is 0 Å². The average molecular weight is 372 g/mol. The fourth-order valence-corrected chi connectivity index (χ4v) is 3.16. The highest BCUT2D eigenvalue weighted by molar-refractivity contribution is 5.79. The van der Waals surface area contributed by atoms with E-state index in [0.29, 0.717) is 18.4 Å². The molecule has 0 bridgehead atoms. The van der Waals surface area contributed by atoms with E-state index in [4.69, 9.17) is 9.52 Å². The number of aromatic nitrogens is 2. The van der Waals surface area contributed by atoms with Gasteiger partial charge in [0.05, 0.1) is 12.2 Å². The Kier molecular flexibility index (Phi) is 8.30. The van der Waals surface area contributed by atoms with Crippen LogP contribution >= 0.6 is 0 Å². The van der Waals surface area contributed by atoms with Crippen molar-refractivity contribution in [1.82, 2.24) is 20.8 Å². The van der Waals surface area contributed by atoms with Gasteiger partial charge in [0.15, 0.2) is 5.96 Å². The van der Waals surface area contributed by atoms with Gasteiger partial charge in [0.2, 0.25) is 0 Å². The van der Waals surface area contributed by atoms with E-state index < -0.39 is 0 Å². The van der Waals surface area contributed by atoms with Crippen LogP contribution in [0.2, 0.25) is 0 Å². The van der Waals surface area contributed by atoms with Crippen LogP contribution in [0.3, 0.4) is 0 Å². The topological polar surface area (TPSA) is 75.3 Å². The number of rotatable bonds is 9. The number of hydrogen-bond acceptors (Lipinski definition) is 4. The lowest BCUT2D eigenvalue weighted by Gasteiger charge is -2.23. The van der Waals surface area contributed by atoms with Crippen molar-refractivity contribution >= 4 is 5.96 Å². The molecule has 0 saturated carbocycles. The lowest BCUT2D eigenvalue weighted by atomic mass is 9.89. The SMILES string of the molecule is CCNC(=NCc1c(CC)noc1CC)NCC(c1cccnc1)C(C)C. The maximum atomic E-state index is 5.45. The summed E-state index contributed by atoms with van der Waals surface area (Å²) < 4.78 is 5.45. The largest absolute Gasteiger partial charge is 0.361 e. The van der Waals surface area contributed by atoms with Crippen LogP contribution in [0.1, 0.15) is 63.1 Å². The van der Waals surface area contributed by atoms with E-state index in [0.717, 1.165) is 48.9 Å². The molecule has 0 aliphatic heterocycles. The van der Waals surface area contributed by atoms with Gasteiger partial charge in [-0.3, -0.25) is 4.98 Å².